The molecule has 0 saturated heterocycles. The van der Waals surface area contributed by atoms with Gasteiger partial charge in [-0.15, -0.1) is 0 Å². The highest BCUT2D eigenvalue weighted by atomic mass is 16.6. The third kappa shape index (κ3) is 3.12. The smallest absolute Gasteiger partial charge is 0.374 e. The summed E-state index contributed by atoms with van der Waals surface area (Å²) in [5.41, 5.74) is 0. The molecule has 0 aliphatic rings. The zero-order valence-electron chi connectivity index (χ0n) is 8.61. The largest absolute Gasteiger partial charge is 0.460 e. The Morgan fingerprint density at radius 3 is 2.67 bits per heavy atom. The molecule has 15 heavy (non-hydrogen) atoms. The van der Waals surface area contributed by atoms with E-state index < -0.39 is 11.9 Å². The molecule has 0 amide bonds. The highest BCUT2D eigenvalue weighted by Crippen LogP contribution is 2.17. The fourth-order valence-electron chi connectivity index (χ4n) is 0.871. The predicted octanol–water partition coefficient (Wildman–Crippen LogP) is 1.77. The average molecular weight is 212 g/mol. The molecule has 0 fully saturated rings. The van der Waals surface area contributed by atoms with Crippen molar-refractivity contribution in [2.45, 2.75) is 20.3 Å². The Bertz CT molecular complexity index is 352. The number of carbonyl (C=O) groups excluding carboxylic acids is 2. The van der Waals surface area contributed by atoms with Crippen molar-refractivity contribution < 1.29 is 23.5 Å². The summed E-state index contributed by atoms with van der Waals surface area (Å²) >= 11 is 0. The standard InChI is InChI=1S/C10H12O5/c1-3-8(11)15-9-6-5-7(14-9)10(12)13-4-2/h5-6H,3-4H2,1-2H3. The number of carbonyl (C=O) groups is 2. The second-order valence-corrected chi connectivity index (χ2v) is 2.67. The zero-order chi connectivity index (χ0) is 11.3. The molecule has 0 aromatic carbocycles. The van der Waals surface area contributed by atoms with E-state index in [1.54, 1.807) is 13.8 Å². The van der Waals surface area contributed by atoms with Gasteiger partial charge in [-0.1, -0.05) is 6.92 Å². The molecule has 0 radical (unpaired) electrons. The first-order chi connectivity index (χ1) is 7.17. The highest BCUT2D eigenvalue weighted by molar-refractivity contribution is 5.86. The summed E-state index contributed by atoms with van der Waals surface area (Å²) in [6.07, 6.45) is 0.245. The summed E-state index contributed by atoms with van der Waals surface area (Å²) in [5.74, 6) is -0.961. The molecule has 5 nitrogen and oxygen atoms in total. The predicted molar refractivity (Wildman–Crippen MR) is 50.6 cm³/mol. The first-order valence-corrected chi connectivity index (χ1v) is 4.65. The molecule has 1 aromatic rings. The second-order valence-electron chi connectivity index (χ2n) is 2.67. The van der Waals surface area contributed by atoms with Crippen LogP contribution in [0.15, 0.2) is 16.5 Å². The monoisotopic (exact) mass is 212 g/mol. The summed E-state index contributed by atoms with van der Waals surface area (Å²) in [5, 5.41) is 0. The summed E-state index contributed by atoms with van der Waals surface area (Å²) in [7, 11) is 0. The zero-order valence-corrected chi connectivity index (χ0v) is 8.61. The lowest BCUT2D eigenvalue weighted by atomic mass is 10.4. The minimum atomic E-state index is -0.573. The second kappa shape index (κ2) is 5.19. The van der Waals surface area contributed by atoms with Crippen molar-refractivity contribution in [3.63, 3.8) is 0 Å². The van der Waals surface area contributed by atoms with Crippen molar-refractivity contribution in [1.82, 2.24) is 0 Å². The van der Waals surface area contributed by atoms with E-state index in [2.05, 4.69) is 0 Å². The highest BCUT2D eigenvalue weighted by Gasteiger charge is 2.13. The molecule has 0 saturated carbocycles. The number of hydrogen-bond acceptors (Lipinski definition) is 5. The molecule has 82 valence electrons. The van der Waals surface area contributed by atoms with Gasteiger partial charge >= 0.3 is 11.9 Å². The van der Waals surface area contributed by atoms with E-state index >= 15 is 0 Å². The van der Waals surface area contributed by atoms with Crippen LogP contribution in [0.1, 0.15) is 30.8 Å². The van der Waals surface area contributed by atoms with Gasteiger partial charge in [0.2, 0.25) is 5.76 Å². The number of hydrogen-bond donors (Lipinski definition) is 0. The Morgan fingerprint density at radius 1 is 1.33 bits per heavy atom. The van der Waals surface area contributed by atoms with Crippen molar-refractivity contribution >= 4 is 11.9 Å². The number of furan rings is 1. The molecular weight excluding hydrogens is 200 g/mol. The van der Waals surface area contributed by atoms with E-state index in [1.165, 1.54) is 12.1 Å². The Balaban J connectivity index is 2.63. The number of rotatable bonds is 4. The normalized spacial score (nSPS) is 9.73. The molecule has 0 atom stereocenters. The Labute approximate surface area is 87.0 Å². The molecule has 5 heteroatoms. The van der Waals surface area contributed by atoms with Crippen LogP contribution < -0.4 is 4.74 Å². The lowest BCUT2D eigenvalue weighted by Crippen LogP contribution is -2.05. The topological polar surface area (TPSA) is 65.7 Å². The minimum Gasteiger partial charge on any atom is -0.460 e. The lowest BCUT2D eigenvalue weighted by molar-refractivity contribution is -0.135. The van der Waals surface area contributed by atoms with Gasteiger partial charge in [-0.2, -0.15) is 0 Å². The molecule has 0 unspecified atom stereocenters. The maximum Gasteiger partial charge on any atom is 0.374 e. The van der Waals surface area contributed by atoms with Crippen LogP contribution in [0.2, 0.25) is 0 Å². The first-order valence-electron chi connectivity index (χ1n) is 4.65. The third-order valence-corrected chi connectivity index (χ3v) is 1.56. The van der Waals surface area contributed by atoms with E-state index in [0.29, 0.717) is 0 Å². The maximum absolute atomic E-state index is 11.2. The summed E-state index contributed by atoms with van der Waals surface area (Å²) in [6.45, 7) is 3.63. The van der Waals surface area contributed by atoms with E-state index in [1.807, 2.05) is 0 Å². The fraction of sp³-hybridized carbons (Fsp3) is 0.400. The molecule has 0 N–H and O–H groups in total. The molecule has 1 rings (SSSR count). The van der Waals surface area contributed by atoms with Crippen LogP contribution in [0.5, 0.6) is 5.95 Å². The molecule has 0 aliphatic heterocycles. The van der Waals surface area contributed by atoms with Gasteiger partial charge in [-0.05, 0) is 13.0 Å². The van der Waals surface area contributed by atoms with Crippen molar-refractivity contribution in [3.8, 4) is 5.95 Å². The fourth-order valence-corrected chi connectivity index (χ4v) is 0.871. The van der Waals surface area contributed by atoms with E-state index in [0.717, 1.165) is 0 Å². The minimum absolute atomic E-state index is 0.00454. The van der Waals surface area contributed by atoms with Crippen LogP contribution in [0.3, 0.4) is 0 Å². The Morgan fingerprint density at radius 2 is 2.07 bits per heavy atom. The van der Waals surface area contributed by atoms with Gasteiger partial charge in [0.25, 0.3) is 5.95 Å². The van der Waals surface area contributed by atoms with Gasteiger partial charge in [-0.3, -0.25) is 4.79 Å². The van der Waals surface area contributed by atoms with Crippen LogP contribution in [0.25, 0.3) is 0 Å². The van der Waals surface area contributed by atoms with Crippen LogP contribution in [0, 0.1) is 0 Å². The first kappa shape index (κ1) is 11.3. The van der Waals surface area contributed by atoms with Gasteiger partial charge in [0.05, 0.1) is 6.61 Å². The molecule has 0 spiro atoms. The van der Waals surface area contributed by atoms with Crippen molar-refractivity contribution in [3.05, 3.63) is 17.9 Å². The van der Waals surface area contributed by atoms with Gasteiger partial charge in [0.15, 0.2) is 0 Å². The molecular formula is C10H12O5. The maximum atomic E-state index is 11.2. The Hall–Kier alpha value is -1.78. The van der Waals surface area contributed by atoms with Gasteiger partial charge in [0.1, 0.15) is 0 Å². The van der Waals surface area contributed by atoms with Crippen molar-refractivity contribution in [1.29, 1.82) is 0 Å². The van der Waals surface area contributed by atoms with E-state index in [-0.39, 0.29) is 24.7 Å². The summed E-state index contributed by atoms with van der Waals surface area (Å²) < 4.78 is 14.4. The van der Waals surface area contributed by atoms with Gasteiger partial charge in [0, 0.05) is 12.5 Å². The Kier molecular flexibility index (Phi) is 3.91. The third-order valence-electron chi connectivity index (χ3n) is 1.56. The lowest BCUT2D eigenvalue weighted by Gasteiger charge is -1.98. The SMILES string of the molecule is CCOC(=O)c1ccc(OC(=O)CC)o1. The van der Waals surface area contributed by atoms with Crippen LogP contribution >= 0.6 is 0 Å². The summed E-state index contributed by atoms with van der Waals surface area (Å²) in [4.78, 5) is 22.0. The molecule has 1 aromatic heterocycles. The molecule has 0 bridgehead atoms. The van der Waals surface area contributed by atoms with Crippen LogP contribution in [-0.2, 0) is 9.53 Å². The van der Waals surface area contributed by atoms with Crippen molar-refractivity contribution in [2.75, 3.05) is 6.61 Å². The van der Waals surface area contributed by atoms with E-state index in [4.69, 9.17) is 13.9 Å². The van der Waals surface area contributed by atoms with Gasteiger partial charge < -0.3 is 13.9 Å². The number of esters is 2. The average Bonchev–Trinajstić information content (AvgIpc) is 2.66. The molecule has 1 heterocycles. The van der Waals surface area contributed by atoms with Crippen LogP contribution in [0.4, 0.5) is 0 Å². The molecule has 0 aliphatic carbocycles. The quantitative estimate of drug-likeness (QED) is 0.711. The van der Waals surface area contributed by atoms with Crippen LogP contribution in [-0.4, -0.2) is 18.5 Å². The van der Waals surface area contributed by atoms with E-state index in [9.17, 15) is 9.59 Å². The van der Waals surface area contributed by atoms with Crippen molar-refractivity contribution in [2.24, 2.45) is 0 Å². The van der Waals surface area contributed by atoms with Gasteiger partial charge in [-0.25, -0.2) is 4.79 Å². The summed E-state index contributed by atoms with van der Waals surface area (Å²) in [6, 6.07) is 2.80. The number of ether oxygens (including phenoxy) is 2.